The van der Waals surface area contributed by atoms with E-state index in [1.54, 1.807) is 30.3 Å². The summed E-state index contributed by atoms with van der Waals surface area (Å²) in [6, 6.07) is 10.3. The van der Waals surface area contributed by atoms with Gasteiger partial charge in [-0.3, -0.25) is 14.4 Å². The first-order valence-corrected chi connectivity index (χ1v) is 14.3. The minimum absolute atomic E-state index is 0.0274. The first-order chi connectivity index (χ1) is 17.5. The Balaban J connectivity index is 1.76. The smallest absolute Gasteiger partial charge is 0.269 e. The quantitative estimate of drug-likeness (QED) is 0.430. The number of hydrogen-bond acceptors (Lipinski definition) is 5. The Morgan fingerprint density at radius 1 is 1.08 bits per heavy atom. The molecule has 2 aromatic carbocycles. The monoisotopic (exact) mass is 567 g/mol. The number of halogens is 2. The number of benzene rings is 2. The lowest BCUT2D eigenvalue weighted by Gasteiger charge is -2.31. The van der Waals surface area contributed by atoms with Crippen LogP contribution >= 0.6 is 23.2 Å². The average Bonchev–Trinajstić information content (AvgIpc) is 3.05. The highest BCUT2D eigenvalue weighted by atomic mass is 35.5. The van der Waals surface area contributed by atoms with Gasteiger partial charge in [-0.2, -0.15) is 0 Å². The zero-order valence-electron chi connectivity index (χ0n) is 21.0. The van der Waals surface area contributed by atoms with Crippen molar-refractivity contribution >= 4 is 50.9 Å². The Morgan fingerprint density at radius 2 is 1.78 bits per heavy atom. The van der Waals surface area contributed by atoms with Crippen LogP contribution in [0.4, 0.5) is 0 Å². The summed E-state index contributed by atoms with van der Waals surface area (Å²) in [5.41, 5.74) is 0.827. The van der Waals surface area contributed by atoms with E-state index in [1.165, 1.54) is 17.0 Å². The molecule has 0 fully saturated rings. The van der Waals surface area contributed by atoms with Crippen molar-refractivity contribution in [1.82, 2.24) is 14.5 Å². The van der Waals surface area contributed by atoms with Crippen LogP contribution in [-0.4, -0.2) is 54.5 Å². The van der Waals surface area contributed by atoms with E-state index in [0.29, 0.717) is 28.6 Å². The Morgan fingerprint density at radius 3 is 2.41 bits per heavy atom. The maximum atomic E-state index is 13.4. The third-order valence-electron chi connectivity index (χ3n) is 6.07. The second kappa shape index (κ2) is 12.3. The Hall–Kier alpha value is -2.62. The van der Waals surface area contributed by atoms with E-state index in [4.69, 9.17) is 23.2 Å². The van der Waals surface area contributed by atoms with Crippen molar-refractivity contribution in [3.05, 3.63) is 63.6 Å². The highest BCUT2D eigenvalue weighted by Gasteiger charge is 2.40. The molecule has 1 heterocycles. The van der Waals surface area contributed by atoms with Crippen LogP contribution in [0.2, 0.25) is 10.0 Å². The summed E-state index contributed by atoms with van der Waals surface area (Å²) in [5, 5.41) is 3.60. The molecular weight excluding hydrogens is 537 g/mol. The number of sulfonamides is 1. The molecule has 0 unspecified atom stereocenters. The molecule has 37 heavy (non-hydrogen) atoms. The van der Waals surface area contributed by atoms with Crippen LogP contribution in [0.15, 0.2) is 47.4 Å². The first-order valence-electron chi connectivity index (χ1n) is 12.1. The lowest BCUT2D eigenvalue weighted by atomic mass is 10.1. The Bertz CT molecular complexity index is 1280. The molecule has 1 aliphatic heterocycles. The van der Waals surface area contributed by atoms with Gasteiger partial charge in [0.1, 0.15) is 10.9 Å². The zero-order chi connectivity index (χ0) is 27.3. The van der Waals surface area contributed by atoms with Crippen molar-refractivity contribution in [3.8, 4) is 0 Å². The van der Waals surface area contributed by atoms with Crippen molar-refractivity contribution in [2.75, 3.05) is 13.1 Å². The molecular formula is C26H31Cl2N3O5S. The maximum absolute atomic E-state index is 13.4. The fraction of sp³-hybridized carbons (Fsp3) is 0.423. The highest BCUT2D eigenvalue weighted by Crippen LogP contribution is 2.30. The van der Waals surface area contributed by atoms with E-state index in [2.05, 4.69) is 5.32 Å². The Kier molecular flexibility index (Phi) is 9.61. The van der Waals surface area contributed by atoms with Gasteiger partial charge >= 0.3 is 0 Å². The molecule has 3 rings (SSSR count). The minimum atomic E-state index is -3.95. The van der Waals surface area contributed by atoms with E-state index in [9.17, 15) is 22.8 Å². The van der Waals surface area contributed by atoms with Gasteiger partial charge in [0, 0.05) is 26.1 Å². The highest BCUT2D eigenvalue weighted by molar-refractivity contribution is 7.90. The van der Waals surface area contributed by atoms with Crippen LogP contribution in [0.1, 0.15) is 56.0 Å². The van der Waals surface area contributed by atoms with Crippen molar-refractivity contribution in [3.63, 3.8) is 0 Å². The summed E-state index contributed by atoms with van der Waals surface area (Å²) < 4.78 is 26.4. The van der Waals surface area contributed by atoms with E-state index in [-0.39, 0.29) is 54.1 Å². The van der Waals surface area contributed by atoms with Gasteiger partial charge < -0.3 is 10.2 Å². The predicted molar refractivity (Wildman–Crippen MR) is 143 cm³/mol. The third kappa shape index (κ3) is 6.64. The zero-order valence-corrected chi connectivity index (χ0v) is 23.4. The molecule has 0 spiro atoms. The standard InChI is InChI=1S/C26H31Cl2N3O5S/c1-4-22(25(33)29-15-17(2)3)30(16-18-11-12-20(27)21(28)14-18)24(32)10-7-13-31-26(34)19-8-5-6-9-23(19)37(31,35)36/h5-6,8-9,11-12,14,17,22H,4,7,10,13,15-16H2,1-3H3,(H,29,33)/t22-/m1/s1. The summed E-state index contributed by atoms with van der Waals surface area (Å²) in [6.07, 6.45) is 0.440. The van der Waals surface area contributed by atoms with Crippen LogP contribution in [-0.2, 0) is 26.2 Å². The van der Waals surface area contributed by atoms with Gasteiger partial charge in [0.15, 0.2) is 0 Å². The van der Waals surface area contributed by atoms with Crippen LogP contribution < -0.4 is 5.32 Å². The third-order valence-corrected chi connectivity index (χ3v) is 8.65. The number of amides is 3. The van der Waals surface area contributed by atoms with Crippen molar-refractivity contribution in [1.29, 1.82) is 0 Å². The fourth-order valence-electron chi connectivity index (χ4n) is 4.15. The van der Waals surface area contributed by atoms with Gasteiger partial charge in [-0.05, 0) is 48.6 Å². The topological polar surface area (TPSA) is 104 Å². The molecule has 11 heteroatoms. The van der Waals surface area contributed by atoms with Gasteiger partial charge in [-0.15, -0.1) is 0 Å². The molecule has 1 aliphatic rings. The predicted octanol–water partition coefficient (Wildman–Crippen LogP) is 4.50. The molecule has 0 bridgehead atoms. The summed E-state index contributed by atoms with van der Waals surface area (Å²) in [4.78, 5) is 40.5. The first kappa shape index (κ1) is 28.9. The molecule has 0 saturated carbocycles. The van der Waals surface area contributed by atoms with E-state index in [0.717, 1.165) is 4.31 Å². The summed E-state index contributed by atoms with van der Waals surface area (Å²) >= 11 is 12.2. The van der Waals surface area contributed by atoms with E-state index >= 15 is 0 Å². The number of hydrogen-bond donors (Lipinski definition) is 1. The number of nitrogens with one attached hydrogen (secondary N) is 1. The molecule has 0 aromatic heterocycles. The molecule has 1 atom stereocenters. The van der Waals surface area contributed by atoms with Crippen molar-refractivity contribution in [2.24, 2.45) is 5.92 Å². The van der Waals surface area contributed by atoms with Gasteiger partial charge in [0.2, 0.25) is 11.8 Å². The lowest BCUT2D eigenvalue weighted by Crippen LogP contribution is -2.49. The molecule has 1 N–H and O–H groups in total. The van der Waals surface area contributed by atoms with E-state index in [1.807, 2.05) is 20.8 Å². The largest absolute Gasteiger partial charge is 0.354 e. The number of fused-ring (bicyclic) bond motifs is 1. The Labute approximate surface area is 228 Å². The van der Waals surface area contributed by atoms with E-state index < -0.39 is 22.0 Å². The molecule has 3 amide bonds. The molecule has 8 nitrogen and oxygen atoms in total. The van der Waals surface area contributed by atoms with Crippen LogP contribution in [0.25, 0.3) is 0 Å². The molecule has 0 aliphatic carbocycles. The van der Waals surface area contributed by atoms with Crippen molar-refractivity contribution in [2.45, 2.75) is 57.5 Å². The van der Waals surface area contributed by atoms with Gasteiger partial charge in [0.25, 0.3) is 15.9 Å². The van der Waals surface area contributed by atoms with Crippen LogP contribution in [0.5, 0.6) is 0 Å². The molecule has 0 radical (unpaired) electrons. The number of nitrogens with zero attached hydrogens (tertiary/aromatic N) is 2. The molecule has 2 aromatic rings. The summed E-state index contributed by atoms with van der Waals surface area (Å²) in [5.74, 6) is -0.962. The second-order valence-electron chi connectivity index (χ2n) is 9.32. The number of rotatable bonds is 11. The number of carbonyl (C=O) groups is 3. The van der Waals surface area contributed by atoms with Crippen LogP contribution in [0, 0.1) is 5.92 Å². The second-order valence-corrected chi connectivity index (χ2v) is 12.0. The van der Waals surface area contributed by atoms with Crippen LogP contribution in [0.3, 0.4) is 0 Å². The lowest BCUT2D eigenvalue weighted by molar-refractivity contribution is -0.141. The average molecular weight is 569 g/mol. The maximum Gasteiger partial charge on any atom is 0.269 e. The van der Waals surface area contributed by atoms with Crippen molar-refractivity contribution < 1.29 is 22.8 Å². The normalized spacial score (nSPS) is 15.0. The van der Waals surface area contributed by atoms with Gasteiger partial charge in [-0.25, -0.2) is 12.7 Å². The fourth-order valence-corrected chi connectivity index (χ4v) is 6.07. The molecule has 0 saturated heterocycles. The molecule has 200 valence electrons. The van der Waals surface area contributed by atoms with Gasteiger partial charge in [0.05, 0.1) is 15.6 Å². The SMILES string of the molecule is CC[C@H](C(=O)NCC(C)C)N(Cc1ccc(Cl)c(Cl)c1)C(=O)CCCN1C(=O)c2ccccc2S1(=O)=O. The minimum Gasteiger partial charge on any atom is -0.354 e. The van der Waals surface area contributed by atoms with Gasteiger partial charge in [-0.1, -0.05) is 62.2 Å². The summed E-state index contributed by atoms with van der Waals surface area (Å²) in [6.45, 7) is 6.23. The number of carbonyl (C=O) groups excluding carboxylic acids is 3. The summed E-state index contributed by atoms with van der Waals surface area (Å²) in [7, 11) is -3.95.